The summed E-state index contributed by atoms with van der Waals surface area (Å²) in [6.45, 7) is 6.19. The van der Waals surface area contributed by atoms with Gasteiger partial charge in [0.2, 0.25) is 0 Å². The van der Waals surface area contributed by atoms with Gasteiger partial charge >= 0.3 is 5.97 Å². The number of nitrogens with one attached hydrogen (secondary N) is 1. The van der Waals surface area contributed by atoms with Crippen molar-refractivity contribution in [3.05, 3.63) is 87.9 Å². The Bertz CT molecular complexity index is 1500. The molecular weight excluding hydrogens is 480 g/mol. The summed E-state index contributed by atoms with van der Waals surface area (Å²) in [5.74, 6) is 0.269. The van der Waals surface area contributed by atoms with Crippen molar-refractivity contribution < 1.29 is 9.53 Å². The highest BCUT2D eigenvalue weighted by Crippen LogP contribution is 2.31. The summed E-state index contributed by atoms with van der Waals surface area (Å²) in [4.78, 5) is 26.6. The molecule has 1 N–H and O–H groups in total. The molecule has 0 radical (unpaired) electrons. The van der Waals surface area contributed by atoms with E-state index in [1.807, 2.05) is 48.0 Å². The minimum atomic E-state index is -0.635. The van der Waals surface area contributed by atoms with Gasteiger partial charge in [0, 0.05) is 23.2 Å². The molecule has 2 unspecified atom stereocenters. The second-order valence-corrected chi connectivity index (χ2v) is 9.51. The number of aromatic nitrogens is 6. The summed E-state index contributed by atoms with van der Waals surface area (Å²) in [5.41, 5.74) is 5.59. The minimum Gasteiger partial charge on any atom is -0.464 e. The van der Waals surface area contributed by atoms with Gasteiger partial charge < -0.3 is 4.74 Å². The van der Waals surface area contributed by atoms with Gasteiger partial charge in [-0.1, -0.05) is 74.0 Å². The Balaban J connectivity index is 1.51. The third kappa shape index (κ3) is 4.71. The molecule has 0 spiro atoms. The molecule has 38 heavy (non-hydrogen) atoms. The van der Waals surface area contributed by atoms with Gasteiger partial charge in [-0.05, 0) is 53.8 Å². The van der Waals surface area contributed by atoms with E-state index < -0.39 is 6.04 Å². The van der Waals surface area contributed by atoms with Gasteiger partial charge in [0.15, 0.2) is 11.9 Å². The fourth-order valence-corrected chi connectivity index (χ4v) is 5.15. The third-order valence-electron chi connectivity index (χ3n) is 7.01. The van der Waals surface area contributed by atoms with Crippen molar-refractivity contribution in [2.75, 3.05) is 6.61 Å². The molecule has 0 fully saturated rings. The Morgan fingerprint density at radius 1 is 1.03 bits per heavy atom. The number of hydrogen-bond acceptors (Lipinski definition) is 6. The minimum absolute atomic E-state index is 0.0468. The van der Waals surface area contributed by atoms with Gasteiger partial charge in [-0.25, -0.2) is 14.6 Å². The predicted octanol–water partition coefficient (Wildman–Crippen LogP) is 4.67. The zero-order chi connectivity index (χ0) is 26.6. The molecule has 0 saturated heterocycles. The van der Waals surface area contributed by atoms with Gasteiger partial charge in [0.25, 0.3) is 5.56 Å². The Morgan fingerprint density at radius 3 is 2.47 bits per heavy atom. The van der Waals surface area contributed by atoms with Gasteiger partial charge in [-0.15, -0.1) is 5.10 Å². The first-order chi connectivity index (χ1) is 18.5. The number of fused-ring (bicyclic) bond motifs is 1. The lowest BCUT2D eigenvalue weighted by molar-refractivity contribution is -0.146. The number of allylic oxidation sites excluding steroid dienone is 1. The van der Waals surface area contributed by atoms with Crippen LogP contribution in [0.2, 0.25) is 0 Å². The number of nitrogens with zero attached hydrogens (tertiary/aromatic N) is 5. The van der Waals surface area contributed by atoms with E-state index in [1.54, 1.807) is 11.6 Å². The number of carbonyl (C=O) groups is 1. The van der Waals surface area contributed by atoms with E-state index in [0.29, 0.717) is 18.9 Å². The Hall–Kier alpha value is -4.27. The van der Waals surface area contributed by atoms with Crippen LogP contribution in [0.15, 0.2) is 65.5 Å². The highest BCUT2D eigenvalue weighted by atomic mass is 16.5. The first-order valence-corrected chi connectivity index (χ1v) is 13.2. The fraction of sp³-hybridized carbons (Fsp3) is 0.345. The van der Waals surface area contributed by atoms with Crippen LogP contribution in [0, 0.1) is 0 Å². The van der Waals surface area contributed by atoms with Crippen LogP contribution >= 0.6 is 0 Å². The Labute approximate surface area is 221 Å². The lowest BCUT2D eigenvalue weighted by Gasteiger charge is -2.27. The SMILES string of the molecule is CCCCc1c(Cc2ccc(-c3ccccc3-c3nnn[nH]3)cc2)c(=O)n2n1C(C(=O)OCC)C=CC2C. The zero-order valence-electron chi connectivity index (χ0n) is 21.9. The number of H-pyrrole nitrogens is 1. The van der Waals surface area contributed by atoms with Gasteiger partial charge in [-0.2, -0.15) is 0 Å². The standard InChI is InChI=1S/C29H32N6O3/c1-4-6-11-25-24(28(36)34-19(3)12-17-26(35(25)34)29(37)38-5-2)18-20-13-15-21(16-14-20)22-9-7-8-10-23(22)27-30-32-33-31-27/h7-10,12-17,19,26H,4-6,11,18H2,1-3H3,(H,30,31,32,33). The van der Waals surface area contributed by atoms with Gasteiger partial charge in [-0.3, -0.25) is 9.48 Å². The molecule has 2 aromatic carbocycles. The van der Waals surface area contributed by atoms with E-state index in [-0.39, 0.29) is 17.6 Å². The highest BCUT2D eigenvalue weighted by molar-refractivity contribution is 5.80. The molecule has 0 bridgehead atoms. The van der Waals surface area contributed by atoms with Crippen molar-refractivity contribution in [2.24, 2.45) is 0 Å². The summed E-state index contributed by atoms with van der Waals surface area (Å²) in [7, 11) is 0. The number of rotatable bonds is 9. The maximum absolute atomic E-state index is 13.7. The van der Waals surface area contributed by atoms with Crippen molar-refractivity contribution in [1.82, 2.24) is 30.0 Å². The quantitative estimate of drug-likeness (QED) is 0.258. The molecule has 4 aromatic rings. The van der Waals surface area contributed by atoms with Crippen molar-refractivity contribution in [2.45, 2.75) is 58.5 Å². The summed E-state index contributed by atoms with van der Waals surface area (Å²) in [5, 5.41) is 14.3. The average molecular weight is 513 g/mol. The number of benzene rings is 2. The Morgan fingerprint density at radius 2 is 1.79 bits per heavy atom. The van der Waals surface area contributed by atoms with Crippen LogP contribution in [-0.2, 0) is 22.4 Å². The fourth-order valence-electron chi connectivity index (χ4n) is 5.15. The predicted molar refractivity (Wildman–Crippen MR) is 145 cm³/mol. The van der Waals surface area contributed by atoms with E-state index >= 15 is 0 Å². The van der Waals surface area contributed by atoms with E-state index in [4.69, 9.17) is 4.74 Å². The first kappa shape index (κ1) is 25.4. The monoisotopic (exact) mass is 512 g/mol. The third-order valence-corrected chi connectivity index (χ3v) is 7.01. The molecule has 0 saturated carbocycles. The Kier molecular flexibility index (Phi) is 7.35. The number of esters is 1. The molecule has 3 heterocycles. The van der Waals surface area contributed by atoms with E-state index in [1.165, 1.54) is 0 Å². The molecular formula is C29H32N6O3. The number of ether oxygens (including phenoxy) is 1. The average Bonchev–Trinajstić information content (AvgIpc) is 3.56. The van der Waals surface area contributed by atoms with Crippen molar-refractivity contribution in [1.29, 1.82) is 0 Å². The highest BCUT2D eigenvalue weighted by Gasteiger charge is 2.32. The van der Waals surface area contributed by atoms with Crippen molar-refractivity contribution in [3.8, 4) is 22.5 Å². The van der Waals surface area contributed by atoms with Crippen molar-refractivity contribution >= 4 is 5.97 Å². The molecule has 9 nitrogen and oxygen atoms in total. The van der Waals surface area contributed by atoms with Crippen LogP contribution in [-0.4, -0.2) is 42.6 Å². The van der Waals surface area contributed by atoms with Crippen molar-refractivity contribution in [3.63, 3.8) is 0 Å². The molecule has 1 aliphatic heterocycles. The van der Waals surface area contributed by atoms with Crippen LogP contribution in [0.1, 0.15) is 62.5 Å². The van der Waals surface area contributed by atoms with Gasteiger partial charge in [0.1, 0.15) is 0 Å². The van der Waals surface area contributed by atoms with E-state index in [2.05, 4.69) is 51.8 Å². The topological polar surface area (TPSA) is 108 Å². The number of aromatic amines is 1. The molecule has 9 heteroatoms. The normalized spacial score (nSPS) is 16.4. The second kappa shape index (κ2) is 11.0. The summed E-state index contributed by atoms with van der Waals surface area (Å²) < 4.78 is 8.95. The lowest BCUT2D eigenvalue weighted by atomic mass is 9.96. The molecule has 196 valence electrons. The summed E-state index contributed by atoms with van der Waals surface area (Å²) >= 11 is 0. The van der Waals surface area contributed by atoms with Crippen LogP contribution in [0.25, 0.3) is 22.5 Å². The molecule has 2 atom stereocenters. The maximum Gasteiger partial charge on any atom is 0.334 e. The maximum atomic E-state index is 13.7. The molecule has 0 amide bonds. The van der Waals surface area contributed by atoms with Crippen LogP contribution in [0.3, 0.4) is 0 Å². The van der Waals surface area contributed by atoms with E-state index in [0.717, 1.165) is 52.8 Å². The zero-order valence-corrected chi connectivity index (χ0v) is 21.9. The smallest absolute Gasteiger partial charge is 0.334 e. The number of tetrazole rings is 1. The molecule has 2 aromatic heterocycles. The van der Waals surface area contributed by atoms with Crippen LogP contribution in [0.4, 0.5) is 0 Å². The largest absolute Gasteiger partial charge is 0.464 e. The molecule has 1 aliphatic rings. The molecule has 5 rings (SSSR count). The number of unbranched alkanes of at least 4 members (excludes halogenated alkanes) is 1. The second-order valence-electron chi connectivity index (χ2n) is 9.51. The van der Waals surface area contributed by atoms with Gasteiger partial charge in [0.05, 0.1) is 12.6 Å². The molecule has 0 aliphatic carbocycles. The summed E-state index contributed by atoms with van der Waals surface area (Å²) in [6.07, 6.45) is 6.89. The first-order valence-electron chi connectivity index (χ1n) is 13.2. The number of carbonyl (C=O) groups excluding carboxylic acids is 1. The lowest BCUT2D eigenvalue weighted by Crippen LogP contribution is -2.35. The van der Waals surface area contributed by atoms with Crippen LogP contribution in [0.5, 0.6) is 0 Å². The van der Waals surface area contributed by atoms with Crippen LogP contribution < -0.4 is 5.56 Å². The van der Waals surface area contributed by atoms with E-state index in [9.17, 15) is 9.59 Å². The summed E-state index contributed by atoms with van der Waals surface area (Å²) in [6, 6.07) is 15.4. The number of hydrogen-bond donors (Lipinski definition) is 1.